The lowest BCUT2D eigenvalue weighted by molar-refractivity contribution is -0.137. The molecule has 2 aromatic rings. The maximum atomic E-state index is 12.4. The van der Waals surface area contributed by atoms with Gasteiger partial charge in [-0.2, -0.15) is 13.2 Å². The van der Waals surface area contributed by atoms with Crippen molar-refractivity contribution in [2.75, 3.05) is 11.9 Å². The number of rotatable bonds is 6. The summed E-state index contributed by atoms with van der Waals surface area (Å²) in [6.07, 6.45) is 3.07. The zero-order valence-corrected chi connectivity index (χ0v) is 10.9. The Balaban J connectivity index is 1.69. The van der Waals surface area contributed by atoms with Crippen LogP contribution >= 0.6 is 0 Å². The number of alkyl halides is 3. The predicted octanol–water partition coefficient (Wildman–Crippen LogP) is 3.79. The van der Waals surface area contributed by atoms with E-state index in [0.717, 1.165) is 38.1 Å². The number of hydrogen-bond donors (Lipinski definition) is 1. The molecule has 3 nitrogen and oxygen atoms in total. The van der Waals surface area contributed by atoms with Crippen molar-refractivity contribution < 1.29 is 13.2 Å². The molecule has 0 aliphatic rings. The Morgan fingerprint density at radius 2 is 1.85 bits per heavy atom. The molecule has 1 N–H and O–H groups in total. The van der Waals surface area contributed by atoms with E-state index in [0.29, 0.717) is 5.69 Å². The first-order valence-corrected chi connectivity index (χ1v) is 6.42. The first kappa shape index (κ1) is 14.4. The van der Waals surface area contributed by atoms with Crippen molar-refractivity contribution in [3.8, 4) is 0 Å². The van der Waals surface area contributed by atoms with E-state index in [1.165, 1.54) is 12.1 Å². The molecule has 0 aliphatic carbocycles. The fourth-order valence-electron chi connectivity index (χ4n) is 1.85. The van der Waals surface area contributed by atoms with Crippen molar-refractivity contribution in [1.29, 1.82) is 0 Å². The van der Waals surface area contributed by atoms with Gasteiger partial charge in [-0.3, -0.25) is 0 Å². The fraction of sp³-hybridized carbons (Fsp3) is 0.357. The van der Waals surface area contributed by atoms with E-state index in [4.69, 9.17) is 0 Å². The molecule has 20 heavy (non-hydrogen) atoms. The van der Waals surface area contributed by atoms with Gasteiger partial charge in [-0.05, 0) is 37.1 Å². The molecule has 0 fully saturated rings. The highest BCUT2D eigenvalue weighted by Gasteiger charge is 2.29. The number of nitrogens with zero attached hydrogens (tertiary/aromatic N) is 2. The minimum Gasteiger partial charge on any atom is -0.385 e. The second kappa shape index (κ2) is 6.45. The Bertz CT molecular complexity index is 503. The molecular weight excluding hydrogens is 267 g/mol. The highest BCUT2D eigenvalue weighted by molar-refractivity contribution is 5.44. The molecule has 6 heteroatoms. The summed E-state index contributed by atoms with van der Waals surface area (Å²) in [7, 11) is 0. The second-order valence-electron chi connectivity index (χ2n) is 4.51. The summed E-state index contributed by atoms with van der Waals surface area (Å²) in [5.74, 6) is 0. The van der Waals surface area contributed by atoms with Crippen molar-refractivity contribution in [1.82, 2.24) is 9.55 Å². The predicted molar refractivity (Wildman–Crippen MR) is 71.4 cm³/mol. The standard InChI is InChI=1S/C14H16F3N3/c15-14(16,17)12-3-5-13(6-4-12)19-7-1-2-9-20-10-8-18-11-20/h3-6,8,10-11,19H,1-2,7,9H2. The van der Waals surface area contributed by atoms with E-state index >= 15 is 0 Å². The van der Waals surface area contributed by atoms with Gasteiger partial charge >= 0.3 is 6.18 Å². The van der Waals surface area contributed by atoms with Gasteiger partial charge in [0.2, 0.25) is 0 Å². The van der Waals surface area contributed by atoms with E-state index in [9.17, 15) is 13.2 Å². The maximum absolute atomic E-state index is 12.4. The Labute approximate surface area is 115 Å². The number of unbranched alkanes of at least 4 members (excludes halogenated alkanes) is 1. The average Bonchev–Trinajstić information content (AvgIpc) is 2.91. The molecule has 108 valence electrons. The molecule has 1 heterocycles. The molecule has 1 aromatic heterocycles. The van der Waals surface area contributed by atoms with Gasteiger partial charge in [0, 0.05) is 31.2 Å². The van der Waals surface area contributed by atoms with E-state index in [1.54, 1.807) is 12.5 Å². The van der Waals surface area contributed by atoms with Crippen LogP contribution in [0.5, 0.6) is 0 Å². The molecule has 0 radical (unpaired) electrons. The summed E-state index contributed by atoms with van der Waals surface area (Å²) >= 11 is 0. The summed E-state index contributed by atoms with van der Waals surface area (Å²) in [5, 5.41) is 3.11. The Morgan fingerprint density at radius 1 is 1.10 bits per heavy atom. The van der Waals surface area contributed by atoms with E-state index in [1.807, 2.05) is 10.8 Å². The van der Waals surface area contributed by atoms with Crippen LogP contribution in [-0.2, 0) is 12.7 Å². The lowest BCUT2D eigenvalue weighted by Crippen LogP contribution is -2.06. The van der Waals surface area contributed by atoms with Crippen molar-refractivity contribution in [3.05, 3.63) is 48.5 Å². The van der Waals surface area contributed by atoms with Gasteiger partial charge in [0.05, 0.1) is 11.9 Å². The van der Waals surface area contributed by atoms with E-state index in [-0.39, 0.29) is 0 Å². The fourth-order valence-corrected chi connectivity index (χ4v) is 1.85. The number of halogens is 3. The number of imidazole rings is 1. The molecular formula is C14H16F3N3. The van der Waals surface area contributed by atoms with Crippen molar-refractivity contribution in [2.24, 2.45) is 0 Å². The molecule has 0 saturated carbocycles. The summed E-state index contributed by atoms with van der Waals surface area (Å²) in [4.78, 5) is 3.95. The zero-order chi connectivity index (χ0) is 14.4. The average molecular weight is 283 g/mol. The molecule has 1 aromatic carbocycles. The number of aromatic nitrogens is 2. The van der Waals surface area contributed by atoms with Gasteiger partial charge in [-0.1, -0.05) is 0 Å². The normalized spacial score (nSPS) is 11.6. The van der Waals surface area contributed by atoms with Crippen LogP contribution in [0.2, 0.25) is 0 Å². The summed E-state index contributed by atoms with van der Waals surface area (Å²) in [5.41, 5.74) is 0.0868. The second-order valence-corrected chi connectivity index (χ2v) is 4.51. The van der Waals surface area contributed by atoms with Gasteiger partial charge in [0.25, 0.3) is 0 Å². The van der Waals surface area contributed by atoms with Crippen LogP contribution in [0, 0.1) is 0 Å². The Kier molecular flexibility index (Phi) is 4.65. The van der Waals surface area contributed by atoms with Crippen LogP contribution in [0.1, 0.15) is 18.4 Å². The molecule has 0 unspecified atom stereocenters. The third kappa shape index (κ3) is 4.29. The van der Waals surface area contributed by atoms with Crippen molar-refractivity contribution in [3.63, 3.8) is 0 Å². The van der Waals surface area contributed by atoms with Gasteiger partial charge in [0.1, 0.15) is 0 Å². The van der Waals surface area contributed by atoms with Crippen LogP contribution in [-0.4, -0.2) is 16.1 Å². The Hall–Kier alpha value is -1.98. The summed E-state index contributed by atoms with van der Waals surface area (Å²) in [6, 6.07) is 5.10. The smallest absolute Gasteiger partial charge is 0.385 e. The number of benzene rings is 1. The van der Waals surface area contributed by atoms with Crippen LogP contribution in [0.4, 0.5) is 18.9 Å². The van der Waals surface area contributed by atoms with Crippen LogP contribution in [0.3, 0.4) is 0 Å². The lowest BCUT2D eigenvalue weighted by atomic mass is 10.2. The van der Waals surface area contributed by atoms with Crippen LogP contribution < -0.4 is 5.32 Å². The number of aryl methyl sites for hydroxylation is 1. The van der Waals surface area contributed by atoms with Crippen LogP contribution in [0.15, 0.2) is 43.0 Å². The minimum atomic E-state index is -4.27. The molecule has 0 bridgehead atoms. The van der Waals surface area contributed by atoms with E-state index < -0.39 is 11.7 Å². The first-order valence-electron chi connectivity index (χ1n) is 6.42. The largest absolute Gasteiger partial charge is 0.416 e. The highest BCUT2D eigenvalue weighted by atomic mass is 19.4. The highest BCUT2D eigenvalue weighted by Crippen LogP contribution is 2.29. The van der Waals surface area contributed by atoms with E-state index in [2.05, 4.69) is 10.3 Å². The number of anilines is 1. The molecule has 2 rings (SSSR count). The quantitative estimate of drug-likeness (QED) is 0.817. The number of nitrogens with one attached hydrogen (secondary N) is 1. The molecule has 0 atom stereocenters. The number of hydrogen-bond acceptors (Lipinski definition) is 2. The van der Waals surface area contributed by atoms with Crippen molar-refractivity contribution in [2.45, 2.75) is 25.6 Å². The molecule has 0 amide bonds. The van der Waals surface area contributed by atoms with Gasteiger partial charge in [-0.25, -0.2) is 4.98 Å². The Morgan fingerprint density at radius 3 is 2.45 bits per heavy atom. The molecule has 0 spiro atoms. The minimum absolute atomic E-state index is 0.622. The third-order valence-corrected chi connectivity index (χ3v) is 2.94. The zero-order valence-electron chi connectivity index (χ0n) is 10.9. The van der Waals surface area contributed by atoms with Crippen molar-refractivity contribution >= 4 is 5.69 Å². The summed E-state index contributed by atoms with van der Waals surface area (Å²) in [6.45, 7) is 1.63. The summed E-state index contributed by atoms with van der Waals surface area (Å²) < 4.78 is 39.1. The lowest BCUT2D eigenvalue weighted by Gasteiger charge is -2.09. The molecule has 0 saturated heterocycles. The van der Waals surface area contributed by atoms with Gasteiger partial charge < -0.3 is 9.88 Å². The first-order chi connectivity index (χ1) is 9.55. The monoisotopic (exact) mass is 283 g/mol. The topological polar surface area (TPSA) is 29.9 Å². The third-order valence-electron chi connectivity index (χ3n) is 2.94. The maximum Gasteiger partial charge on any atom is 0.416 e. The SMILES string of the molecule is FC(F)(F)c1ccc(NCCCCn2ccnc2)cc1. The van der Waals surface area contributed by atoms with Crippen LogP contribution in [0.25, 0.3) is 0 Å². The van der Waals surface area contributed by atoms with Gasteiger partial charge in [-0.15, -0.1) is 0 Å². The van der Waals surface area contributed by atoms with Gasteiger partial charge in [0.15, 0.2) is 0 Å². The molecule has 0 aliphatic heterocycles.